The second-order valence-corrected chi connectivity index (χ2v) is 3.72. The summed E-state index contributed by atoms with van der Waals surface area (Å²) in [6.07, 6.45) is 0. The quantitative estimate of drug-likeness (QED) is 0.663. The van der Waals surface area contributed by atoms with Crippen LogP contribution in [0.25, 0.3) is 0 Å². The lowest BCUT2D eigenvalue weighted by Crippen LogP contribution is -2.34. The lowest BCUT2D eigenvalue weighted by atomic mass is 10.1. The van der Waals surface area contributed by atoms with Crippen molar-refractivity contribution in [2.75, 3.05) is 11.9 Å². The van der Waals surface area contributed by atoms with Gasteiger partial charge in [-0.15, -0.1) is 0 Å². The van der Waals surface area contributed by atoms with E-state index in [0.717, 1.165) is 5.69 Å². The van der Waals surface area contributed by atoms with E-state index in [0.29, 0.717) is 0 Å². The van der Waals surface area contributed by atoms with Crippen LogP contribution in [-0.4, -0.2) is 22.4 Å². The molecule has 1 rings (SSSR count). The van der Waals surface area contributed by atoms with Gasteiger partial charge in [0.05, 0.1) is 12.1 Å². The minimum Gasteiger partial charge on any atom is -0.508 e. The minimum absolute atomic E-state index is 0.0443. The Morgan fingerprint density at radius 3 is 2.62 bits per heavy atom. The summed E-state index contributed by atoms with van der Waals surface area (Å²) in [5, 5.41) is 21.3. The van der Waals surface area contributed by atoms with Crippen molar-refractivity contribution in [3.8, 4) is 5.75 Å². The summed E-state index contributed by atoms with van der Waals surface area (Å²) in [6.45, 7) is 3.82. The number of phenols is 1. The maximum atomic E-state index is 9.18. The van der Waals surface area contributed by atoms with Crippen LogP contribution in [0.15, 0.2) is 24.3 Å². The summed E-state index contributed by atoms with van der Waals surface area (Å²) in [4.78, 5) is 0. The van der Waals surface area contributed by atoms with E-state index >= 15 is 0 Å². The molecule has 0 aliphatic rings. The van der Waals surface area contributed by atoms with Gasteiger partial charge in [0.2, 0.25) is 0 Å². The first kappa shape index (κ1) is 9.86. The van der Waals surface area contributed by atoms with E-state index in [1.165, 1.54) is 0 Å². The molecule has 0 bridgehead atoms. The Balaban J connectivity index is 2.74. The lowest BCUT2D eigenvalue weighted by Gasteiger charge is -2.24. The fraction of sp³-hybridized carbons (Fsp3) is 0.400. The van der Waals surface area contributed by atoms with Gasteiger partial charge in [0, 0.05) is 11.8 Å². The van der Waals surface area contributed by atoms with Crippen LogP contribution < -0.4 is 5.32 Å². The Bertz CT molecular complexity index is 284. The average Bonchev–Trinajstić information content (AvgIpc) is 2.03. The van der Waals surface area contributed by atoms with Gasteiger partial charge in [0.25, 0.3) is 0 Å². The van der Waals surface area contributed by atoms with Gasteiger partial charge in [-0.05, 0) is 26.0 Å². The number of nitrogens with one attached hydrogen (secondary N) is 1. The number of anilines is 1. The van der Waals surface area contributed by atoms with Gasteiger partial charge < -0.3 is 15.5 Å². The monoisotopic (exact) mass is 181 g/mol. The zero-order chi connectivity index (χ0) is 9.90. The normalized spacial score (nSPS) is 11.3. The van der Waals surface area contributed by atoms with E-state index in [-0.39, 0.29) is 17.9 Å². The first-order valence-electron chi connectivity index (χ1n) is 4.21. The van der Waals surface area contributed by atoms with Gasteiger partial charge >= 0.3 is 0 Å². The number of phenolic OH excluding ortho intramolecular Hbond substituents is 1. The van der Waals surface area contributed by atoms with Crippen LogP contribution in [0.3, 0.4) is 0 Å². The maximum absolute atomic E-state index is 9.18. The van der Waals surface area contributed by atoms with Crippen LogP contribution in [0.4, 0.5) is 5.69 Å². The predicted octanol–water partition coefficient (Wildman–Crippen LogP) is 1.57. The molecule has 72 valence electrons. The fourth-order valence-electron chi connectivity index (χ4n) is 1.01. The van der Waals surface area contributed by atoms with E-state index in [1.54, 1.807) is 18.2 Å². The van der Waals surface area contributed by atoms with Gasteiger partial charge in [-0.25, -0.2) is 0 Å². The van der Waals surface area contributed by atoms with Gasteiger partial charge in [0.1, 0.15) is 5.75 Å². The summed E-state index contributed by atoms with van der Waals surface area (Å²) >= 11 is 0. The summed E-state index contributed by atoms with van der Waals surface area (Å²) in [6, 6.07) is 6.83. The molecule has 0 atom stereocenters. The zero-order valence-corrected chi connectivity index (χ0v) is 7.91. The Morgan fingerprint density at radius 1 is 1.38 bits per heavy atom. The van der Waals surface area contributed by atoms with Crippen molar-refractivity contribution in [3.63, 3.8) is 0 Å². The minimum atomic E-state index is -0.367. The van der Waals surface area contributed by atoms with Crippen molar-refractivity contribution in [2.24, 2.45) is 0 Å². The Morgan fingerprint density at radius 2 is 2.08 bits per heavy atom. The number of benzene rings is 1. The van der Waals surface area contributed by atoms with Crippen molar-refractivity contribution < 1.29 is 10.2 Å². The molecule has 0 aliphatic carbocycles. The van der Waals surface area contributed by atoms with Gasteiger partial charge in [-0.3, -0.25) is 0 Å². The second-order valence-electron chi connectivity index (χ2n) is 3.72. The molecule has 0 radical (unpaired) electrons. The van der Waals surface area contributed by atoms with Crippen molar-refractivity contribution in [1.82, 2.24) is 0 Å². The highest BCUT2D eigenvalue weighted by Crippen LogP contribution is 2.19. The molecule has 1 aromatic carbocycles. The molecule has 0 heterocycles. The molecule has 0 fully saturated rings. The van der Waals surface area contributed by atoms with Crippen LogP contribution in [0, 0.1) is 0 Å². The van der Waals surface area contributed by atoms with Crippen LogP contribution in [0.2, 0.25) is 0 Å². The Hall–Kier alpha value is -1.22. The third-order valence-electron chi connectivity index (χ3n) is 1.72. The summed E-state index contributed by atoms with van der Waals surface area (Å²) < 4.78 is 0. The van der Waals surface area contributed by atoms with Crippen LogP contribution in [-0.2, 0) is 0 Å². The average molecular weight is 181 g/mol. The van der Waals surface area contributed by atoms with E-state index in [4.69, 9.17) is 5.11 Å². The smallest absolute Gasteiger partial charge is 0.117 e. The fourth-order valence-corrected chi connectivity index (χ4v) is 1.01. The highest BCUT2D eigenvalue weighted by Gasteiger charge is 2.15. The summed E-state index contributed by atoms with van der Waals surface area (Å²) in [7, 11) is 0. The van der Waals surface area contributed by atoms with Crippen LogP contribution in [0.5, 0.6) is 5.75 Å². The van der Waals surface area contributed by atoms with Gasteiger partial charge in [-0.1, -0.05) is 6.07 Å². The highest BCUT2D eigenvalue weighted by molar-refractivity contribution is 5.49. The third-order valence-corrected chi connectivity index (χ3v) is 1.72. The van der Waals surface area contributed by atoms with Crippen molar-refractivity contribution in [1.29, 1.82) is 0 Å². The summed E-state index contributed by atoms with van der Waals surface area (Å²) in [5.74, 6) is 0.221. The van der Waals surface area contributed by atoms with Crippen LogP contribution in [0.1, 0.15) is 13.8 Å². The Labute approximate surface area is 78.0 Å². The first-order chi connectivity index (χ1) is 6.03. The maximum Gasteiger partial charge on any atom is 0.117 e. The van der Waals surface area contributed by atoms with Crippen molar-refractivity contribution in [3.05, 3.63) is 24.3 Å². The molecular formula is C10H15NO2. The molecule has 0 aromatic heterocycles. The molecular weight excluding hydrogens is 166 g/mol. The molecule has 0 unspecified atom stereocenters. The Kier molecular flexibility index (Phi) is 2.78. The van der Waals surface area contributed by atoms with Gasteiger partial charge in [-0.2, -0.15) is 0 Å². The number of aliphatic hydroxyl groups is 1. The topological polar surface area (TPSA) is 52.5 Å². The number of rotatable bonds is 3. The van der Waals surface area contributed by atoms with E-state index < -0.39 is 0 Å². The standard InChI is InChI=1S/C10H15NO2/c1-10(2,7-12)11-8-4-3-5-9(13)6-8/h3-6,11-13H,7H2,1-2H3. The molecule has 13 heavy (non-hydrogen) atoms. The zero-order valence-electron chi connectivity index (χ0n) is 7.91. The third kappa shape index (κ3) is 2.95. The first-order valence-corrected chi connectivity index (χ1v) is 4.21. The van der Waals surface area contributed by atoms with Crippen LogP contribution >= 0.6 is 0 Å². The predicted molar refractivity (Wildman–Crippen MR) is 52.9 cm³/mol. The molecule has 0 saturated heterocycles. The molecule has 3 N–H and O–H groups in total. The van der Waals surface area contributed by atoms with Gasteiger partial charge in [0.15, 0.2) is 0 Å². The SMILES string of the molecule is CC(C)(CO)Nc1cccc(O)c1. The molecule has 0 amide bonds. The molecule has 0 saturated carbocycles. The van der Waals surface area contributed by atoms with E-state index in [9.17, 15) is 5.11 Å². The number of hydrogen-bond acceptors (Lipinski definition) is 3. The molecule has 0 spiro atoms. The highest BCUT2D eigenvalue weighted by atomic mass is 16.3. The molecule has 0 aliphatic heterocycles. The largest absolute Gasteiger partial charge is 0.508 e. The second kappa shape index (κ2) is 3.66. The number of hydrogen-bond donors (Lipinski definition) is 3. The van der Waals surface area contributed by atoms with E-state index in [1.807, 2.05) is 19.9 Å². The molecule has 3 nitrogen and oxygen atoms in total. The molecule has 1 aromatic rings. The molecule has 3 heteroatoms. The number of aromatic hydroxyl groups is 1. The van der Waals surface area contributed by atoms with E-state index in [2.05, 4.69) is 5.32 Å². The number of aliphatic hydroxyl groups excluding tert-OH is 1. The summed E-state index contributed by atoms with van der Waals surface area (Å²) in [5.41, 5.74) is 0.437. The lowest BCUT2D eigenvalue weighted by molar-refractivity contribution is 0.234. The van der Waals surface area contributed by atoms with Crippen molar-refractivity contribution >= 4 is 5.69 Å². The van der Waals surface area contributed by atoms with Crippen molar-refractivity contribution in [2.45, 2.75) is 19.4 Å².